The van der Waals surface area contributed by atoms with E-state index in [4.69, 9.17) is 4.42 Å². The molecule has 1 saturated heterocycles. The van der Waals surface area contributed by atoms with Crippen molar-refractivity contribution in [2.75, 3.05) is 19.6 Å². The van der Waals surface area contributed by atoms with Crippen LogP contribution in [0, 0.1) is 0 Å². The Morgan fingerprint density at radius 3 is 2.67 bits per heavy atom. The Kier molecular flexibility index (Phi) is 4.34. The largest absolute Gasteiger partial charge is 0.419 e. The molecule has 126 valence electrons. The smallest absolute Gasteiger partial charge is 0.264 e. The fourth-order valence-corrected chi connectivity index (χ4v) is 3.55. The number of para-hydroxylation sites is 1. The van der Waals surface area contributed by atoms with E-state index < -0.39 is 0 Å². The molecule has 5 heteroatoms. The zero-order chi connectivity index (χ0) is 16.4. The second kappa shape index (κ2) is 6.77. The number of rotatable bonds is 5. The third-order valence-electron chi connectivity index (χ3n) is 4.89. The maximum atomic E-state index is 5.82. The predicted molar refractivity (Wildman–Crippen MR) is 94.9 cm³/mol. The molecule has 0 atom stereocenters. The van der Waals surface area contributed by atoms with E-state index in [1.165, 1.54) is 43.3 Å². The Bertz CT molecular complexity index is 814. The molecule has 0 aliphatic carbocycles. The molecule has 4 rings (SSSR count). The zero-order valence-electron chi connectivity index (χ0n) is 14.2. The molecule has 2 aromatic heterocycles. The maximum absolute atomic E-state index is 5.82. The first-order valence-corrected chi connectivity index (χ1v) is 8.98. The van der Waals surface area contributed by atoms with Crippen molar-refractivity contribution in [3.05, 3.63) is 36.2 Å². The molecule has 0 radical (unpaired) electrons. The summed E-state index contributed by atoms with van der Waals surface area (Å²) in [7, 11) is 0. The number of piperidine rings is 1. The van der Waals surface area contributed by atoms with E-state index in [0.717, 1.165) is 25.2 Å². The van der Waals surface area contributed by atoms with Crippen molar-refractivity contribution in [2.24, 2.45) is 0 Å². The molecule has 0 spiro atoms. The Morgan fingerprint density at radius 1 is 1.04 bits per heavy atom. The summed E-state index contributed by atoms with van der Waals surface area (Å²) in [5, 5.41) is 9.61. The van der Waals surface area contributed by atoms with Crippen molar-refractivity contribution < 1.29 is 4.42 Å². The number of likely N-dealkylation sites (tertiary alicyclic amines) is 1. The van der Waals surface area contributed by atoms with Crippen molar-refractivity contribution >= 4 is 10.9 Å². The SMILES string of the molecule is CCc1nnc(-c2cc3ccccc3n2CCN2CCCCC2)o1. The maximum Gasteiger partial charge on any atom is 0.264 e. The minimum Gasteiger partial charge on any atom is -0.419 e. The van der Waals surface area contributed by atoms with Gasteiger partial charge in [-0.3, -0.25) is 0 Å². The van der Waals surface area contributed by atoms with Gasteiger partial charge in [-0.25, -0.2) is 0 Å². The van der Waals surface area contributed by atoms with Gasteiger partial charge in [0.1, 0.15) is 5.69 Å². The highest BCUT2D eigenvalue weighted by Crippen LogP contribution is 2.27. The molecule has 0 unspecified atom stereocenters. The first kappa shape index (κ1) is 15.4. The van der Waals surface area contributed by atoms with Gasteiger partial charge in [-0.15, -0.1) is 10.2 Å². The molecule has 1 aliphatic heterocycles. The monoisotopic (exact) mass is 324 g/mol. The topological polar surface area (TPSA) is 47.1 Å². The molecular weight excluding hydrogens is 300 g/mol. The summed E-state index contributed by atoms with van der Waals surface area (Å²) in [6.45, 7) is 6.49. The molecule has 0 amide bonds. The minimum atomic E-state index is 0.627. The van der Waals surface area contributed by atoms with Crippen LogP contribution in [0.4, 0.5) is 0 Å². The number of nitrogens with zero attached hydrogens (tertiary/aromatic N) is 4. The van der Waals surface area contributed by atoms with E-state index in [9.17, 15) is 0 Å². The molecule has 3 heterocycles. The molecule has 5 nitrogen and oxygen atoms in total. The van der Waals surface area contributed by atoms with Gasteiger partial charge in [0, 0.05) is 30.4 Å². The number of hydrogen-bond donors (Lipinski definition) is 0. The van der Waals surface area contributed by atoms with Crippen LogP contribution in [-0.2, 0) is 13.0 Å². The van der Waals surface area contributed by atoms with Crippen LogP contribution >= 0.6 is 0 Å². The van der Waals surface area contributed by atoms with Gasteiger partial charge in [-0.1, -0.05) is 31.5 Å². The number of hydrogen-bond acceptors (Lipinski definition) is 4. The minimum absolute atomic E-state index is 0.627. The van der Waals surface area contributed by atoms with Crippen LogP contribution in [0.25, 0.3) is 22.5 Å². The number of aromatic nitrogens is 3. The van der Waals surface area contributed by atoms with E-state index in [-0.39, 0.29) is 0 Å². The van der Waals surface area contributed by atoms with Crippen molar-refractivity contribution in [2.45, 2.75) is 39.2 Å². The van der Waals surface area contributed by atoms with Crippen molar-refractivity contribution in [3.63, 3.8) is 0 Å². The summed E-state index contributed by atoms with van der Waals surface area (Å²) >= 11 is 0. The molecule has 1 fully saturated rings. The van der Waals surface area contributed by atoms with Gasteiger partial charge >= 0.3 is 0 Å². The Hall–Kier alpha value is -2.14. The molecule has 0 N–H and O–H groups in total. The lowest BCUT2D eigenvalue weighted by Crippen LogP contribution is -2.32. The first-order chi connectivity index (χ1) is 11.8. The van der Waals surface area contributed by atoms with Gasteiger partial charge in [0.2, 0.25) is 5.89 Å². The molecule has 3 aromatic rings. The van der Waals surface area contributed by atoms with Gasteiger partial charge in [-0.2, -0.15) is 0 Å². The lowest BCUT2D eigenvalue weighted by molar-refractivity contribution is 0.222. The normalized spacial score (nSPS) is 16.0. The van der Waals surface area contributed by atoms with Gasteiger partial charge < -0.3 is 13.9 Å². The summed E-state index contributed by atoms with van der Waals surface area (Å²) in [6, 6.07) is 10.7. The lowest BCUT2D eigenvalue weighted by Gasteiger charge is -2.26. The molecule has 1 aliphatic rings. The second-order valence-electron chi connectivity index (χ2n) is 6.50. The average molecular weight is 324 g/mol. The highest BCUT2D eigenvalue weighted by Gasteiger charge is 2.17. The Balaban J connectivity index is 1.67. The second-order valence-corrected chi connectivity index (χ2v) is 6.50. The van der Waals surface area contributed by atoms with Gasteiger partial charge in [0.25, 0.3) is 5.89 Å². The predicted octanol–water partition coefficient (Wildman–Crippen LogP) is 3.74. The molecule has 24 heavy (non-hydrogen) atoms. The summed E-state index contributed by atoms with van der Waals surface area (Å²) in [5.74, 6) is 1.32. The van der Waals surface area contributed by atoms with Gasteiger partial charge in [0.15, 0.2) is 0 Å². The van der Waals surface area contributed by atoms with Crippen LogP contribution in [0.5, 0.6) is 0 Å². The highest BCUT2D eigenvalue weighted by molar-refractivity contribution is 5.85. The van der Waals surface area contributed by atoms with E-state index in [0.29, 0.717) is 11.8 Å². The first-order valence-electron chi connectivity index (χ1n) is 8.98. The van der Waals surface area contributed by atoms with E-state index in [2.05, 4.69) is 50.0 Å². The van der Waals surface area contributed by atoms with E-state index in [1.807, 2.05) is 6.92 Å². The van der Waals surface area contributed by atoms with Crippen LogP contribution in [-0.4, -0.2) is 39.3 Å². The molecular formula is C19H24N4O. The summed E-state index contributed by atoms with van der Waals surface area (Å²) < 4.78 is 8.15. The average Bonchev–Trinajstić information content (AvgIpc) is 3.25. The summed E-state index contributed by atoms with van der Waals surface area (Å²) in [6.07, 6.45) is 4.78. The number of aryl methyl sites for hydroxylation is 1. The Labute approximate surface area is 142 Å². The van der Waals surface area contributed by atoms with Crippen molar-refractivity contribution in [1.82, 2.24) is 19.7 Å². The highest BCUT2D eigenvalue weighted by atomic mass is 16.4. The van der Waals surface area contributed by atoms with Gasteiger partial charge in [0.05, 0.1) is 0 Å². The summed E-state index contributed by atoms with van der Waals surface area (Å²) in [5.41, 5.74) is 2.26. The number of benzene rings is 1. The standard InChI is InChI=1S/C19H24N4O/c1-2-18-20-21-19(24-18)17-14-15-8-4-5-9-16(15)23(17)13-12-22-10-6-3-7-11-22/h4-5,8-9,14H,2-3,6-7,10-13H2,1H3. The fourth-order valence-electron chi connectivity index (χ4n) is 3.55. The zero-order valence-corrected chi connectivity index (χ0v) is 14.2. The van der Waals surface area contributed by atoms with Crippen LogP contribution in [0.3, 0.4) is 0 Å². The third kappa shape index (κ3) is 2.96. The van der Waals surface area contributed by atoms with Crippen LogP contribution in [0.1, 0.15) is 32.1 Å². The fraction of sp³-hybridized carbons (Fsp3) is 0.474. The van der Waals surface area contributed by atoms with Crippen LogP contribution < -0.4 is 0 Å². The molecule has 0 saturated carbocycles. The quantitative estimate of drug-likeness (QED) is 0.717. The van der Waals surface area contributed by atoms with Crippen molar-refractivity contribution in [1.29, 1.82) is 0 Å². The van der Waals surface area contributed by atoms with Crippen LogP contribution in [0.15, 0.2) is 34.7 Å². The lowest BCUT2D eigenvalue weighted by atomic mass is 10.1. The third-order valence-corrected chi connectivity index (χ3v) is 4.89. The molecule has 0 bridgehead atoms. The van der Waals surface area contributed by atoms with Gasteiger partial charge in [-0.05, 0) is 38.1 Å². The summed E-state index contributed by atoms with van der Waals surface area (Å²) in [4.78, 5) is 2.56. The van der Waals surface area contributed by atoms with E-state index in [1.54, 1.807) is 0 Å². The number of fused-ring (bicyclic) bond motifs is 1. The van der Waals surface area contributed by atoms with Crippen LogP contribution in [0.2, 0.25) is 0 Å². The molecule has 1 aromatic carbocycles. The van der Waals surface area contributed by atoms with Crippen molar-refractivity contribution in [3.8, 4) is 11.6 Å². The Morgan fingerprint density at radius 2 is 1.88 bits per heavy atom. The van der Waals surface area contributed by atoms with E-state index >= 15 is 0 Å².